The van der Waals surface area contributed by atoms with E-state index in [2.05, 4.69) is 11.4 Å². The van der Waals surface area contributed by atoms with E-state index in [9.17, 15) is 4.79 Å². The normalized spacial score (nSPS) is 11.5. The van der Waals surface area contributed by atoms with Gasteiger partial charge in [-0.15, -0.1) is 11.8 Å². The van der Waals surface area contributed by atoms with Crippen LogP contribution in [0.3, 0.4) is 0 Å². The van der Waals surface area contributed by atoms with Gasteiger partial charge in [0.2, 0.25) is 5.91 Å². The summed E-state index contributed by atoms with van der Waals surface area (Å²) >= 11 is 1.53. The highest BCUT2D eigenvalue weighted by Gasteiger charge is 2.14. The molecule has 0 spiro atoms. The van der Waals surface area contributed by atoms with Crippen molar-refractivity contribution in [3.8, 4) is 6.07 Å². The fourth-order valence-electron chi connectivity index (χ4n) is 1.93. The summed E-state index contributed by atoms with van der Waals surface area (Å²) in [7, 11) is 0. The van der Waals surface area contributed by atoms with Crippen LogP contribution in [0.25, 0.3) is 0 Å². The second-order valence-corrected chi connectivity index (χ2v) is 6.41. The number of thioether (sulfide) groups is 1. The van der Waals surface area contributed by atoms with Crippen molar-refractivity contribution in [3.63, 3.8) is 0 Å². The SMILES string of the molecule is Cc1ccc(NC(=O)C(C)SCc2ccccc2C#N)cc1. The predicted octanol–water partition coefficient (Wildman–Crippen LogP) is 4.13. The summed E-state index contributed by atoms with van der Waals surface area (Å²) in [5, 5.41) is 11.8. The molecule has 1 amide bonds. The van der Waals surface area contributed by atoms with Crippen molar-refractivity contribution < 1.29 is 4.79 Å². The number of amides is 1. The number of carbonyl (C=O) groups excluding carboxylic acids is 1. The largest absolute Gasteiger partial charge is 0.325 e. The summed E-state index contributed by atoms with van der Waals surface area (Å²) in [6.45, 7) is 3.89. The summed E-state index contributed by atoms with van der Waals surface area (Å²) in [6, 6.07) is 17.4. The highest BCUT2D eigenvalue weighted by Crippen LogP contribution is 2.21. The van der Waals surface area contributed by atoms with Crippen molar-refractivity contribution in [1.82, 2.24) is 0 Å². The van der Waals surface area contributed by atoms with Crippen LogP contribution in [-0.4, -0.2) is 11.2 Å². The van der Waals surface area contributed by atoms with Crippen LogP contribution in [0.1, 0.15) is 23.6 Å². The van der Waals surface area contributed by atoms with Crippen LogP contribution in [0.2, 0.25) is 0 Å². The Bertz CT molecular complexity index is 689. The van der Waals surface area contributed by atoms with Gasteiger partial charge in [-0.1, -0.05) is 35.9 Å². The number of nitrogens with zero attached hydrogens (tertiary/aromatic N) is 1. The Morgan fingerprint density at radius 1 is 1.23 bits per heavy atom. The van der Waals surface area contributed by atoms with Gasteiger partial charge in [0.05, 0.1) is 16.9 Å². The van der Waals surface area contributed by atoms with Crippen LogP contribution in [-0.2, 0) is 10.5 Å². The van der Waals surface area contributed by atoms with Gasteiger partial charge in [-0.25, -0.2) is 0 Å². The van der Waals surface area contributed by atoms with E-state index in [-0.39, 0.29) is 11.2 Å². The lowest BCUT2D eigenvalue weighted by Crippen LogP contribution is -2.22. The Kier molecular flexibility index (Phi) is 5.62. The number of rotatable bonds is 5. The Morgan fingerprint density at radius 2 is 1.91 bits per heavy atom. The average Bonchev–Trinajstić information content (AvgIpc) is 2.54. The van der Waals surface area contributed by atoms with E-state index < -0.39 is 0 Å². The molecule has 1 unspecified atom stereocenters. The van der Waals surface area contributed by atoms with Crippen molar-refractivity contribution in [3.05, 3.63) is 65.2 Å². The molecule has 0 aliphatic rings. The van der Waals surface area contributed by atoms with Crippen LogP contribution in [0, 0.1) is 18.3 Å². The van der Waals surface area contributed by atoms with Crippen LogP contribution in [0.15, 0.2) is 48.5 Å². The lowest BCUT2D eigenvalue weighted by Gasteiger charge is -2.12. The van der Waals surface area contributed by atoms with Gasteiger partial charge in [0.15, 0.2) is 0 Å². The van der Waals surface area contributed by atoms with Gasteiger partial charge in [0.25, 0.3) is 0 Å². The molecule has 0 radical (unpaired) electrons. The molecule has 0 bridgehead atoms. The van der Waals surface area contributed by atoms with Gasteiger partial charge in [-0.2, -0.15) is 5.26 Å². The van der Waals surface area contributed by atoms with Crippen LogP contribution >= 0.6 is 11.8 Å². The number of benzene rings is 2. The van der Waals surface area contributed by atoms with E-state index >= 15 is 0 Å². The summed E-state index contributed by atoms with van der Waals surface area (Å²) in [5.41, 5.74) is 3.60. The number of hydrogen-bond acceptors (Lipinski definition) is 3. The second kappa shape index (κ2) is 7.67. The first-order valence-electron chi connectivity index (χ1n) is 7.07. The topological polar surface area (TPSA) is 52.9 Å². The Labute approximate surface area is 135 Å². The first kappa shape index (κ1) is 16.1. The number of hydrogen-bond donors (Lipinski definition) is 1. The van der Waals surface area contributed by atoms with E-state index in [0.29, 0.717) is 11.3 Å². The third-order valence-corrected chi connectivity index (χ3v) is 4.51. The molecule has 0 saturated heterocycles. The second-order valence-electron chi connectivity index (χ2n) is 5.08. The molecule has 0 saturated carbocycles. The minimum Gasteiger partial charge on any atom is -0.325 e. The van der Waals surface area contributed by atoms with Gasteiger partial charge in [-0.05, 0) is 37.6 Å². The first-order chi connectivity index (χ1) is 10.6. The van der Waals surface area contributed by atoms with E-state index in [1.54, 1.807) is 6.07 Å². The number of anilines is 1. The molecule has 0 heterocycles. The van der Waals surface area contributed by atoms with Crippen molar-refractivity contribution in [2.75, 3.05) is 5.32 Å². The first-order valence-corrected chi connectivity index (χ1v) is 8.12. The van der Waals surface area contributed by atoms with Gasteiger partial charge in [0, 0.05) is 11.4 Å². The van der Waals surface area contributed by atoms with E-state index in [0.717, 1.165) is 16.8 Å². The van der Waals surface area contributed by atoms with Gasteiger partial charge in [-0.3, -0.25) is 4.79 Å². The van der Waals surface area contributed by atoms with Crippen LogP contribution in [0.5, 0.6) is 0 Å². The highest BCUT2D eigenvalue weighted by atomic mass is 32.2. The van der Waals surface area contributed by atoms with Crippen molar-refractivity contribution in [2.24, 2.45) is 0 Å². The summed E-state index contributed by atoms with van der Waals surface area (Å²) in [4.78, 5) is 12.2. The molecule has 22 heavy (non-hydrogen) atoms. The number of aryl methyl sites for hydroxylation is 1. The Morgan fingerprint density at radius 3 is 2.59 bits per heavy atom. The fourth-order valence-corrected chi connectivity index (χ4v) is 2.82. The zero-order valence-electron chi connectivity index (χ0n) is 12.7. The van der Waals surface area contributed by atoms with Crippen molar-refractivity contribution in [2.45, 2.75) is 24.9 Å². The molecule has 0 fully saturated rings. The zero-order valence-corrected chi connectivity index (χ0v) is 13.5. The molecule has 2 rings (SSSR count). The molecule has 4 heteroatoms. The molecular formula is C18H18N2OS. The monoisotopic (exact) mass is 310 g/mol. The minimum absolute atomic E-state index is 0.0247. The summed E-state index contributed by atoms with van der Waals surface area (Å²) < 4.78 is 0. The molecular weight excluding hydrogens is 292 g/mol. The Balaban J connectivity index is 1.91. The van der Waals surface area contributed by atoms with Crippen molar-refractivity contribution >= 4 is 23.4 Å². The average molecular weight is 310 g/mol. The fraction of sp³-hybridized carbons (Fsp3) is 0.222. The van der Waals surface area contributed by atoms with Crippen LogP contribution < -0.4 is 5.32 Å². The number of carbonyl (C=O) groups is 1. The smallest absolute Gasteiger partial charge is 0.237 e. The highest BCUT2D eigenvalue weighted by molar-refractivity contribution is 7.99. The lowest BCUT2D eigenvalue weighted by atomic mass is 10.1. The molecule has 112 valence electrons. The maximum Gasteiger partial charge on any atom is 0.237 e. The minimum atomic E-state index is -0.187. The summed E-state index contributed by atoms with van der Waals surface area (Å²) in [6.07, 6.45) is 0. The zero-order chi connectivity index (χ0) is 15.9. The third kappa shape index (κ3) is 4.37. The van der Waals surface area contributed by atoms with E-state index in [4.69, 9.17) is 5.26 Å². The molecule has 3 nitrogen and oxygen atoms in total. The molecule has 2 aromatic carbocycles. The standard InChI is InChI=1S/C18H18N2OS/c1-13-7-9-17(10-8-13)20-18(21)14(2)22-12-16-6-4-3-5-15(16)11-19/h3-10,14H,12H2,1-2H3,(H,20,21). The molecule has 2 aromatic rings. The van der Waals surface area contributed by atoms with Gasteiger partial charge >= 0.3 is 0 Å². The molecule has 0 aliphatic carbocycles. The molecule has 1 N–H and O–H groups in total. The molecule has 1 atom stereocenters. The third-order valence-electron chi connectivity index (χ3n) is 3.31. The quantitative estimate of drug-likeness (QED) is 0.903. The van der Waals surface area contributed by atoms with Gasteiger partial charge in [0.1, 0.15) is 0 Å². The van der Waals surface area contributed by atoms with E-state index in [1.165, 1.54) is 11.8 Å². The van der Waals surface area contributed by atoms with Crippen molar-refractivity contribution in [1.29, 1.82) is 5.26 Å². The molecule has 0 aliphatic heterocycles. The number of nitrogens with one attached hydrogen (secondary N) is 1. The maximum atomic E-state index is 12.2. The van der Waals surface area contributed by atoms with Gasteiger partial charge < -0.3 is 5.32 Å². The maximum absolute atomic E-state index is 12.2. The number of nitriles is 1. The van der Waals surface area contributed by atoms with Crippen LogP contribution in [0.4, 0.5) is 5.69 Å². The predicted molar refractivity (Wildman–Crippen MR) is 91.7 cm³/mol. The van der Waals surface area contributed by atoms with E-state index in [1.807, 2.05) is 56.3 Å². The molecule has 0 aromatic heterocycles. The Hall–Kier alpha value is -2.25. The summed E-state index contributed by atoms with van der Waals surface area (Å²) in [5.74, 6) is 0.620. The lowest BCUT2D eigenvalue weighted by molar-refractivity contribution is -0.115.